The molecule has 0 radical (unpaired) electrons. The zero-order valence-electron chi connectivity index (χ0n) is 11.4. The number of pyridine rings is 1. The Bertz CT molecular complexity index is 542. The van der Waals surface area contributed by atoms with Gasteiger partial charge in [0, 0.05) is 33.8 Å². The minimum atomic E-state index is 0.368. The number of nitrogens with zero attached hydrogens (tertiary/aromatic N) is 1. The number of benzene rings is 1. The quantitative estimate of drug-likeness (QED) is 0.839. The summed E-state index contributed by atoms with van der Waals surface area (Å²) in [6.07, 6.45) is 3.71. The maximum Gasteiger partial charge on any atom is 0.0420 e. The van der Waals surface area contributed by atoms with Gasteiger partial charge in [-0.1, -0.05) is 30.7 Å². The summed E-state index contributed by atoms with van der Waals surface area (Å²) in [5, 5.41) is 4.31. The van der Waals surface area contributed by atoms with Crippen molar-refractivity contribution in [3.63, 3.8) is 0 Å². The molecule has 106 valence electrons. The molecule has 4 heteroatoms. The third-order valence-corrected chi connectivity index (χ3v) is 3.81. The van der Waals surface area contributed by atoms with Crippen molar-refractivity contribution in [2.45, 2.75) is 25.8 Å². The van der Waals surface area contributed by atoms with E-state index in [1.807, 2.05) is 30.5 Å². The molecule has 20 heavy (non-hydrogen) atoms. The summed E-state index contributed by atoms with van der Waals surface area (Å²) in [6, 6.07) is 12.5. The van der Waals surface area contributed by atoms with Gasteiger partial charge in [-0.3, -0.25) is 4.98 Å². The molecule has 1 aromatic carbocycles. The number of hydrogen-bond donors (Lipinski definition) is 1. The highest BCUT2D eigenvalue weighted by Gasteiger charge is 2.10. The van der Waals surface area contributed by atoms with E-state index < -0.39 is 0 Å². The lowest BCUT2D eigenvalue weighted by atomic mass is 10.0. The van der Waals surface area contributed by atoms with Crippen LogP contribution in [0.3, 0.4) is 0 Å². The Morgan fingerprint density at radius 1 is 1.25 bits per heavy atom. The standard InChI is InChI=1S/C16H18BrClN2/c1-2-19-16(9-12-4-3-5-14(18)8-12)10-15-7-6-13(17)11-20-15/h3-8,11,16,19H,2,9-10H2,1H3. The van der Waals surface area contributed by atoms with Crippen molar-refractivity contribution < 1.29 is 0 Å². The van der Waals surface area contributed by atoms with E-state index in [9.17, 15) is 0 Å². The van der Waals surface area contributed by atoms with Crippen molar-refractivity contribution >= 4 is 27.5 Å². The monoisotopic (exact) mass is 352 g/mol. The topological polar surface area (TPSA) is 24.9 Å². The van der Waals surface area contributed by atoms with Gasteiger partial charge in [0.1, 0.15) is 0 Å². The number of likely N-dealkylation sites (N-methyl/N-ethyl adjacent to an activating group) is 1. The number of halogens is 2. The van der Waals surface area contributed by atoms with Crippen molar-refractivity contribution in [3.05, 3.63) is 63.3 Å². The molecule has 0 aliphatic heterocycles. The Balaban J connectivity index is 2.05. The van der Waals surface area contributed by atoms with E-state index in [4.69, 9.17) is 11.6 Å². The van der Waals surface area contributed by atoms with Crippen LogP contribution in [0.1, 0.15) is 18.2 Å². The van der Waals surface area contributed by atoms with Crippen LogP contribution < -0.4 is 5.32 Å². The predicted octanol–water partition coefficient (Wildman–Crippen LogP) is 4.26. The van der Waals surface area contributed by atoms with E-state index in [0.717, 1.165) is 34.6 Å². The van der Waals surface area contributed by atoms with Gasteiger partial charge in [-0.2, -0.15) is 0 Å². The second kappa shape index (κ2) is 7.77. The molecule has 0 aliphatic carbocycles. The van der Waals surface area contributed by atoms with Gasteiger partial charge in [-0.05, 0) is 58.7 Å². The lowest BCUT2D eigenvalue weighted by Gasteiger charge is -2.18. The van der Waals surface area contributed by atoms with E-state index in [1.165, 1.54) is 5.56 Å². The molecule has 1 atom stereocenters. The van der Waals surface area contributed by atoms with Crippen molar-refractivity contribution in [1.29, 1.82) is 0 Å². The maximum atomic E-state index is 6.05. The first-order chi connectivity index (χ1) is 9.67. The van der Waals surface area contributed by atoms with Crippen LogP contribution in [0.4, 0.5) is 0 Å². The fourth-order valence-corrected chi connectivity index (χ4v) is 2.68. The van der Waals surface area contributed by atoms with E-state index in [-0.39, 0.29) is 0 Å². The molecule has 1 unspecified atom stereocenters. The van der Waals surface area contributed by atoms with Gasteiger partial charge < -0.3 is 5.32 Å². The highest BCUT2D eigenvalue weighted by Crippen LogP contribution is 2.14. The van der Waals surface area contributed by atoms with Crippen molar-refractivity contribution in [2.24, 2.45) is 0 Å². The summed E-state index contributed by atoms with van der Waals surface area (Å²) in [6.45, 7) is 3.07. The van der Waals surface area contributed by atoms with Crippen molar-refractivity contribution in [1.82, 2.24) is 10.3 Å². The molecule has 0 aliphatic rings. The molecule has 1 aromatic heterocycles. The fourth-order valence-electron chi connectivity index (χ4n) is 2.23. The second-order valence-corrected chi connectivity index (χ2v) is 6.11. The van der Waals surface area contributed by atoms with Crippen molar-refractivity contribution in [2.75, 3.05) is 6.54 Å². The summed E-state index contributed by atoms with van der Waals surface area (Å²) in [4.78, 5) is 4.45. The van der Waals surface area contributed by atoms with E-state index in [1.54, 1.807) is 0 Å². The van der Waals surface area contributed by atoms with Crippen LogP contribution in [-0.2, 0) is 12.8 Å². The normalized spacial score (nSPS) is 12.3. The highest BCUT2D eigenvalue weighted by atomic mass is 79.9. The number of aromatic nitrogens is 1. The maximum absolute atomic E-state index is 6.05. The first-order valence-electron chi connectivity index (χ1n) is 6.75. The van der Waals surface area contributed by atoms with Crippen LogP contribution in [0, 0.1) is 0 Å². The Hall–Kier alpha value is -0.900. The lowest BCUT2D eigenvalue weighted by Crippen LogP contribution is -2.33. The van der Waals surface area contributed by atoms with E-state index >= 15 is 0 Å². The molecular formula is C16H18BrClN2. The highest BCUT2D eigenvalue weighted by molar-refractivity contribution is 9.10. The Morgan fingerprint density at radius 2 is 2.10 bits per heavy atom. The molecule has 0 spiro atoms. The average molecular weight is 354 g/mol. The van der Waals surface area contributed by atoms with Gasteiger partial charge in [0.2, 0.25) is 0 Å². The van der Waals surface area contributed by atoms with Gasteiger partial charge in [-0.25, -0.2) is 0 Å². The second-order valence-electron chi connectivity index (χ2n) is 4.76. The lowest BCUT2D eigenvalue weighted by molar-refractivity contribution is 0.516. The Morgan fingerprint density at radius 3 is 2.75 bits per heavy atom. The molecule has 1 N–H and O–H groups in total. The zero-order valence-corrected chi connectivity index (χ0v) is 13.8. The molecular weight excluding hydrogens is 336 g/mol. The van der Waals surface area contributed by atoms with Gasteiger partial charge in [0.05, 0.1) is 0 Å². The molecule has 2 aromatic rings. The Kier molecular flexibility index (Phi) is 6.02. The number of nitrogens with one attached hydrogen (secondary N) is 1. The van der Waals surface area contributed by atoms with Crippen molar-refractivity contribution in [3.8, 4) is 0 Å². The zero-order chi connectivity index (χ0) is 14.4. The molecule has 1 heterocycles. The molecule has 0 saturated heterocycles. The van der Waals surface area contributed by atoms with Gasteiger partial charge in [-0.15, -0.1) is 0 Å². The summed E-state index contributed by atoms with van der Waals surface area (Å²) in [7, 11) is 0. The summed E-state index contributed by atoms with van der Waals surface area (Å²) in [5.74, 6) is 0. The summed E-state index contributed by atoms with van der Waals surface area (Å²) < 4.78 is 1.01. The minimum absolute atomic E-state index is 0.368. The number of hydrogen-bond acceptors (Lipinski definition) is 2. The summed E-state index contributed by atoms with van der Waals surface area (Å²) >= 11 is 9.46. The van der Waals surface area contributed by atoms with Crippen LogP contribution in [0.15, 0.2) is 47.1 Å². The van der Waals surface area contributed by atoms with Gasteiger partial charge >= 0.3 is 0 Å². The molecule has 0 amide bonds. The van der Waals surface area contributed by atoms with Gasteiger partial charge in [0.25, 0.3) is 0 Å². The first kappa shape index (κ1) is 15.5. The smallest absolute Gasteiger partial charge is 0.0420 e. The first-order valence-corrected chi connectivity index (χ1v) is 7.92. The van der Waals surface area contributed by atoms with Crippen LogP contribution in [0.5, 0.6) is 0 Å². The largest absolute Gasteiger partial charge is 0.314 e. The molecule has 0 saturated carbocycles. The Labute approximate surface area is 133 Å². The third-order valence-electron chi connectivity index (χ3n) is 3.11. The average Bonchev–Trinajstić information content (AvgIpc) is 2.42. The van der Waals surface area contributed by atoms with Crippen LogP contribution in [0.25, 0.3) is 0 Å². The molecule has 2 rings (SSSR count). The number of rotatable bonds is 6. The minimum Gasteiger partial charge on any atom is -0.314 e. The molecule has 0 fully saturated rings. The predicted molar refractivity (Wildman–Crippen MR) is 88.3 cm³/mol. The molecule has 0 bridgehead atoms. The van der Waals surface area contributed by atoms with E-state index in [0.29, 0.717) is 6.04 Å². The summed E-state index contributed by atoms with van der Waals surface area (Å²) in [5.41, 5.74) is 2.35. The fraction of sp³-hybridized carbons (Fsp3) is 0.312. The van der Waals surface area contributed by atoms with Crippen LogP contribution in [-0.4, -0.2) is 17.6 Å². The van der Waals surface area contributed by atoms with Crippen LogP contribution in [0.2, 0.25) is 5.02 Å². The molecule has 2 nitrogen and oxygen atoms in total. The third kappa shape index (κ3) is 4.89. The van der Waals surface area contributed by atoms with E-state index in [2.05, 4.69) is 45.3 Å². The SMILES string of the molecule is CCNC(Cc1cccc(Cl)c1)Cc1ccc(Br)cn1. The van der Waals surface area contributed by atoms with Gasteiger partial charge in [0.15, 0.2) is 0 Å². The van der Waals surface area contributed by atoms with Crippen LogP contribution >= 0.6 is 27.5 Å².